The molecule has 1 N–H and O–H groups in total. The van der Waals surface area contributed by atoms with Crippen LogP contribution in [-0.4, -0.2) is 10.8 Å². The molecule has 1 amide bonds. The Balaban J connectivity index is 2.30. The van der Waals surface area contributed by atoms with Crippen LogP contribution in [0.4, 0.5) is 11.4 Å². The van der Waals surface area contributed by atoms with Crippen LogP contribution in [0.5, 0.6) is 0 Å². The van der Waals surface area contributed by atoms with Gasteiger partial charge >= 0.3 is 0 Å². The molecule has 0 spiro atoms. The van der Waals surface area contributed by atoms with Gasteiger partial charge in [0.2, 0.25) is 0 Å². The van der Waals surface area contributed by atoms with Crippen LogP contribution in [0.25, 0.3) is 0 Å². The molecule has 0 aliphatic heterocycles. The summed E-state index contributed by atoms with van der Waals surface area (Å²) >= 11 is 0. The second kappa shape index (κ2) is 7.05. The number of hydrogen-bond acceptors (Lipinski definition) is 3. The summed E-state index contributed by atoms with van der Waals surface area (Å²) in [5, 5.41) is 13.9. The fourth-order valence-corrected chi connectivity index (χ4v) is 2.40. The van der Waals surface area contributed by atoms with Crippen LogP contribution in [-0.2, 0) is 0 Å². The Bertz CT molecular complexity index is 741. The number of nitro benzene ring substituents is 1. The van der Waals surface area contributed by atoms with Crippen LogP contribution in [0.1, 0.15) is 47.7 Å². The average molecular weight is 312 g/mol. The number of amides is 1. The molecule has 2 aromatic rings. The summed E-state index contributed by atoms with van der Waals surface area (Å²) in [5.74, 6) is -0.0253. The van der Waals surface area contributed by atoms with Crippen molar-refractivity contribution in [2.45, 2.75) is 33.1 Å². The molecule has 2 rings (SSSR count). The molecule has 0 heterocycles. The number of hydrogen-bond donors (Lipinski definition) is 1. The number of nitrogens with one attached hydrogen (secondary N) is 1. The summed E-state index contributed by atoms with van der Waals surface area (Å²) in [5.41, 5.74) is 2.57. The predicted molar refractivity (Wildman–Crippen MR) is 90.9 cm³/mol. The van der Waals surface area contributed by atoms with Crippen molar-refractivity contribution in [3.05, 3.63) is 69.3 Å². The van der Waals surface area contributed by atoms with E-state index in [2.05, 4.69) is 19.2 Å². The zero-order chi connectivity index (χ0) is 17.0. The van der Waals surface area contributed by atoms with Crippen LogP contribution in [0.2, 0.25) is 0 Å². The first-order valence-electron chi connectivity index (χ1n) is 7.59. The van der Waals surface area contributed by atoms with Gasteiger partial charge in [0.25, 0.3) is 11.6 Å². The molecule has 23 heavy (non-hydrogen) atoms. The van der Waals surface area contributed by atoms with E-state index in [1.54, 1.807) is 19.1 Å². The highest BCUT2D eigenvalue weighted by molar-refractivity contribution is 6.05. The Hall–Kier alpha value is -2.69. The molecule has 0 radical (unpaired) electrons. The van der Waals surface area contributed by atoms with Gasteiger partial charge in [0, 0.05) is 22.9 Å². The molecule has 0 fully saturated rings. The Kier molecular flexibility index (Phi) is 5.11. The summed E-state index contributed by atoms with van der Waals surface area (Å²) < 4.78 is 0. The lowest BCUT2D eigenvalue weighted by molar-refractivity contribution is -0.385. The maximum Gasteiger partial charge on any atom is 0.273 e. The summed E-state index contributed by atoms with van der Waals surface area (Å²) in [6.45, 7) is 5.84. The zero-order valence-corrected chi connectivity index (χ0v) is 13.5. The van der Waals surface area contributed by atoms with Gasteiger partial charge < -0.3 is 5.32 Å². The number of nitro groups is 1. The van der Waals surface area contributed by atoms with E-state index >= 15 is 0 Å². The minimum atomic E-state index is -0.473. The van der Waals surface area contributed by atoms with E-state index in [9.17, 15) is 14.9 Å². The van der Waals surface area contributed by atoms with Crippen LogP contribution in [0.15, 0.2) is 42.5 Å². The SMILES string of the molecule is CC[C@H](C)c1ccccc1NC(=O)c1ccc(C)c([N+](=O)[O-])c1. The third kappa shape index (κ3) is 3.74. The minimum Gasteiger partial charge on any atom is -0.322 e. The molecule has 0 aliphatic rings. The second-order valence-corrected chi connectivity index (χ2v) is 5.61. The summed E-state index contributed by atoms with van der Waals surface area (Å²) in [4.78, 5) is 23.0. The van der Waals surface area contributed by atoms with Crippen molar-refractivity contribution in [2.24, 2.45) is 0 Å². The lowest BCUT2D eigenvalue weighted by atomic mass is 9.96. The molecule has 0 saturated heterocycles. The van der Waals surface area contributed by atoms with Crippen molar-refractivity contribution < 1.29 is 9.72 Å². The van der Waals surface area contributed by atoms with Crippen molar-refractivity contribution in [3.63, 3.8) is 0 Å². The molecular formula is C18H20N2O3. The van der Waals surface area contributed by atoms with E-state index < -0.39 is 4.92 Å². The third-order valence-electron chi connectivity index (χ3n) is 4.02. The van der Waals surface area contributed by atoms with Gasteiger partial charge in [0.05, 0.1) is 4.92 Å². The van der Waals surface area contributed by atoms with Crippen molar-refractivity contribution in [1.29, 1.82) is 0 Å². The number of carbonyl (C=O) groups is 1. The van der Waals surface area contributed by atoms with E-state index in [0.29, 0.717) is 11.5 Å². The van der Waals surface area contributed by atoms with Gasteiger partial charge in [-0.25, -0.2) is 0 Å². The number of benzene rings is 2. The molecule has 5 heteroatoms. The Morgan fingerprint density at radius 2 is 1.96 bits per heavy atom. The molecule has 0 unspecified atom stereocenters. The van der Waals surface area contributed by atoms with Gasteiger partial charge in [0.15, 0.2) is 0 Å². The third-order valence-corrected chi connectivity index (χ3v) is 4.02. The van der Waals surface area contributed by atoms with Gasteiger partial charge in [0.1, 0.15) is 0 Å². The Labute approximate surface area is 135 Å². The van der Waals surface area contributed by atoms with Gasteiger partial charge in [-0.3, -0.25) is 14.9 Å². The van der Waals surface area contributed by atoms with Crippen molar-refractivity contribution >= 4 is 17.3 Å². The minimum absolute atomic E-state index is 0.0483. The first-order valence-corrected chi connectivity index (χ1v) is 7.59. The van der Waals surface area contributed by atoms with Crippen LogP contribution in [0.3, 0.4) is 0 Å². The molecule has 2 aromatic carbocycles. The highest BCUT2D eigenvalue weighted by Crippen LogP contribution is 2.27. The molecule has 1 atom stereocenters. The summed E-state index contributed by atoms with van der Waals surface area (Å²) in [7, 11) is 0. The van der Waals surface area contributed by atoms with Crippen LogP contribution in [0, 0.1) is 17.0 Å². The maximum absolute atomic E-state index is 12.4. The summed E-state index contributed by atoms with van der Waals surface area (Å²) in [6, 6.07) is 12.1. The smallest absolute Gasteiger partial charge is 0.273 e. The van der Waals surface area contributed by atoms with Crippen molar-refractivity contribution in [3.8, 4) is 0 Å². The number of para-hydroxylation sites is 1. The van der Waals surface area contributed by atoms with Gasteiger partial charge in [-0.2, -0.15) is 0 Å². The van der Waals surface area contributed by atoms with E-state index in [1.807, 2.05) is 24.3 Å². The second-order valence-electron chi connectivity index (χ2n) is 5.61. The van der Waals surface area contributed by atoms with Crippen molar-refractivity contribution in [2.75, 3.05) is 5.32 Å². The number of aryl methyl sites for hydroxylation is 1. The van der Waals surface area contributed by atoms with E-state index in [-0.39, 0.29) is 17.2 Å². The van der Waals surface area contributed by atoms with Gasteiger partial charge in [-0.15, -0.1) is 0 Å². The van der Waals surface area contributed by atoms with E-state index in [0.717, 1.165) is 17.7 Å². The first-order chi connectivity index (χ1) is 10.9. The molecule has 0 bridgehead atoms. The van der Waals surface area contributed by atoms with Gasteiger partial charge in [-0.05, 0) is 37.0 Å². The standard InChI is InChI=1S/C18H20N2O3/c1-4-12(2)15-7-5-6-8-16(15)19-18(21)14-10-9-13(3)17(11-14)20(22)23/h5-12H,4H2,1-3H3,(H,19,21)/t12-/m0/s1. The van der Waals surface area contributed by atoms with Crippen LogP contribution >= 0.6 is 0 Å². The summed E-state index contributed by atoms with van der Waals surface area (Å²) in [6.07, 6.45) is 0.961. The van der Waals surface area contributed by atoms with E-state index in [4.69, 9.17) is 0 Å². The van der Waals surface area contributed by atoms with Gasteiger partial charge in [-0.1, -0.05) is 38.1 Å². The number of carbonyl (C=O) groups excluding carboxylic acids is 1. The molecule has 0 aliphatic carbocycles. The maximum atomic E-state index is 12.4. The van der Waals surface area contributed by atoms with Crippen LogP contribution < -0.4 is 5.32 Å². The highest BCUT2D eigenvalue weighted by Gasteiger charge is 2.16. The zero-order valence-electron chi connectivity index (χ0n) is 13.5. The average Bonchev–Trinajstić information content (AvgIpc) is 2.54. The first kappa shape index (κ1) is 16.7. The Morgan fingerprint density at radius 1 is 1.26 bits per heavy atom. The number of nitrogens with zero attached hydrogens (tertiary/aromatic N) is 1. The molecule has 120 valence electrons. The molecular weight excluding hydrogens is 292 g/mol. The monoisotopic (exact) mass is 312 g/mol. The molecule has 0 aromatic heterocycles. The predicted octanol–water partition coefficient (Wildman–Crippen LogP) is 4.67. The normalized spacial score (nSPS) is 11.8. The topological polar surface area (TPSA) is 72.2 Å². The Morgan fingerprint density at radius 3 is 2.61 bits per heavy atom. The lowest BCUT2D eigenvalue weighted by Crippen LogP contribution is -2.14. The fraction of sp³-hybridized carbons (Fsp3) is 0.278. The number of anilines is 1. The quantitative estimate of drug-likeness (QED) is 0.644. The highest BCUT2D eigenvalue weighted by atomic mass is 16.6. The number of rotatable bonds is 5. The lowest BCUT2D eigenvalue weighted by Gasteiger charge is -2.15. The van der Waals surface area contributed by atoms with Crippen molar-refractivity contribution in [1.82, 2.24) is 0 Å². The molecule has 5 nitrogen and oxygen atoms in total. The fourth-order valence-electron chi connectivity index (χ4n) is 2.40. The largest absolute Gasteiger partial charge is 0.322 e. The van der Waals surface area contributed by atoms with E-state index in [1.165, 1.54) is 6.07 Å². The molecule has 0 saturated carbocycles.